The minimum atomic E-state index is -1.82. The molecule has 0 aliphatic carbocycles. The average Bonchev–Trinajstić information content (AvgIpc) is 3.36. The number of carboxylic acids is 4. The highest BCUT2D eigenvalue weighted by molar-refractivity contribution is 7.22. The zero-order valence-electron chi connectivity index (χ0n) is 22.1. The Bertz CT molecular complexity index is 1270. The van der Waals surface area contributed by atoms with E-state index in [0.29, 0.717) is 18.6 Å². The molecule has 41 heavy (non-hydrogen) atoms. The molecule has 220 valence electrons. The van der Waals surface area contributed by atoms with Gasteiger partial charge in [0.05, 0.1) is 10.2 Å². The Kier molecular flexibility index (Phi) is 11.2. The first-order valence-electron chi connectivity index (χ1n) is 12.7. The van der Waals surface area contributed by atoms with Gasteiger partial charge in [0.15, 0.2) is 16.6 Å². The van der Waals surface area contributed by atoms with Gasteiger partial charge in [0.2, 0.25) is 0 Å². The normalized spacial score (nSPS) is 17.1. The number of anilines is 1. The molecule has 2 atom stereocenters. The zero-order valence-corrected chi connectivity index (χ0v) is 23.0. The summed E-state index contributed by atoms with van der Waals surface area (Å²) in [7, 11) is 0. The van der Waals surface area contributed by atoms with Gasteiger partial charge in [-0.3, -0.25) is 4.90 Å². The second-order valence-corrected chi connectivity index (χ2v) is 10.3. The molecule has 13 nitrogen and oxygen atoms in total. The number of piperidine rings is 1. The van der Waals surface area contributed by atoms with E-state index in [2.05, 4.69) is 35.3 Å². The van der Waals surface area contributed by atoms with Gasteiger partial charge in [0.25, 0.3) is 0 Å². The van der Waals surface area contributed by atoms with Crippen LogP contribution in [0.5, 0.6) is 11.5 Å². The number of ether oxygens (including phenoxy) is 2. The number of aliphatic carboxylic acids is 4. The van der Waals surface area contributed by atoms with Gasteiger partial charge in [-0.05, 0) is 63.0 Å². The molecule has 0 radical (unpaired) electrons. The topological polar surface area (TPSA) is 196 Å². The molecule has 5 N–H and O–H groups in total. The van der Waals surface area contributed by atoms with E-state index in [1.807, 2.05) is 30.3 Å². The molecule has 1 saturated heterocycles. The summed E-state index contributed by atoms with van der Waals surface area (Å²) in [6.45, 7) is 6.07. The van der Waals surface area contributed by atoms with E-state index in [1.54, 1.807) is 11.3 Å². The summed E-state index contributed by atoms with van der Waals surface area (Å²) >= 11 is 1.74. The first-order chi connectivity index (χ1) is 19.5. The Balaban J connectivity index is 0.000000326. The summed E-state index contributed by atoms with van der Waals surface area (Å²) in [5, 5.41) is 34.3. The van der Waals surface area contributed by atoms with E-state index in [1.165, 1.54) is 17.5 Å². The van der Waals surface area contributed by atoms with Crippen LogP contribution in [0, 0.1) is 5.92 Å². The second kappa shape index (κ2) is 14.8. The van der Waals surface area contributed by atoms with Gasteiger partial charge in [0.1, 0.15) is 12.7 Å². The average molecular weight is 590 g/mol. The molecule has 3 aromatic rings. The Morgan fingerprint density at radius 2 is 1.49 bits per heavy atom. The lowest BCUT2D eigenvalue weighted by molar-refractivity contribution is -0.159. The lowest BCUT2D eigenvalue weighted by Crippen LogP contribution is -2.45. The molecule has 5 rings (SSSR count). The predicted octanol–water partition coefficient (Wildman–Crippen LogP) is 2.96. The highest BCUT2D eigenvalue weighted by Gasteiger charge is 2.28. The van der Waals surface area contributed by atoms with E-state index in [-0.39, 0.29) is 6.10 Å². The first kappa shape index (κ1) is 31.1. The fraction of sp³-hybridized carbons (Fsp3) is 0.370. The van der Waals surface area contributed by atoms with E-state index in [0.717, 1.165) is 41.8 Å². The smallest absolute Gasteiger partial charge is 0.414 e. The summed E-state index contributed by atoms with van der Waals surface area (Å²) in [5.41, 5.74) is 1.08. The number of hydrogen-bond acceptors (Lipinski definition) is 10. The largest absolute Gasteiger partial charge is 0.486 e. The third kappa shape index (κ3) is 9.61. The van der Waals surface area contributed by atoms with Crippen LogP contribution in [0.1, 0.15) is 19.8 Å². The Morgan fingerprint density at radius 3 is 2.07 bits per heavy atom. The third-order valence-corrected chi connectivity index (χ3v) is 7.35. The molecule has 2 aromatic carbocycles. The van der Waals surface area contributed by atoms with Crippen molar-refractivity contribution in [2.45, 2.75) is 31.9 Å². The first-order valence-corrected chi connectivity index (χ1v) is 13.5. The molecule has 14 heteroatoms. The molecule has 0 amide bonds. The Labute approximate surface area is 238 Å². The van der Waals surface area contributed by atoms with E-state index in [4.69, 9.17) is 54.1 Å². The summed E-state index contributed by atoms with van der Waals surface area (Å²) in [5.74, 6) is -4.90. The molecular weight excluding hydrogens is 558 g/mol. The number of hydrogen-bond donors (Lipinski definition) is 5. The molecule has 1 aromatic heterocycles. The van der Waals surface area contributed by atoms with Crippen LogP contribution in [0.25, 0.3) is 10.2 Å². The van der Waals surface area contributed by atoms with Gasteiger partial charge in [-0.25, -0.2) is 24.2 Å². The number of nitrogens with one attached hydrogen (secondary N) is 1. The fourth-order valence-corrected chi connectivity index (χ4v) is 5.29. The third-order valence-electron chi connectivity index (χ3n) is 6.38. The van der Waals surface area contributed by atoms with Crippen LogP contribution in [-0.2, 0) is 19.2 Å². The summed E-state index contributed by atoms with van der Waals surface area (Å²) in [6, 6.07) is 16.7. The number of rotatable bonds is 5. The van der Waals surface area contributed by atoms with Crippen molar-refractivity contribution in [3.63, 3.8) is 0 Å². The van der Waals surface area contributed by atoms with Crippen LogP contribution in [0.15, 0.2) is 48.5 Å². The van der Waals surface area contributed by atoms with Crippen molar-refractivity contribution in [1.82, 2.24) is 9.88 Å². The minimum Gasteiger partial charge on any atom is -0.486 e. The maximum atomic E-state index is 9.10. The maximum absolute atomic E-state index is 9.10. The lowest BCUT2D eigenvalue weighted by atomic mass is 9.90. The van der Waals surface area contributed by atoms with Crippen LogP contribution in [0.2, 0.25) is 0 Å². The molecule has 2 aliphatic rings. The summed E-state index contributed by atoms with van der Waals surface area (Å²) in [4.78, 5) is 43.6. The number of aromatic nitrogens is 1. The number of thiazole rings is 1. The molecular formula is C27H31N3O10S. The highest BCUT2D eigenvalue weighted by Crippen LogP contribution is 2.32. The van der Waals surface area contributed by atoms with Crippen LogP contribution < -0.4 is 14.8 Å². The van der Waals surface area contributed by atoms with Gasteiger partial charge in [-0.2, -0.15) is 0 Å². The highest BCUT2D eigenvalue weighted by atomic mass is 32.1. The second-order valence-electron chi connectivity index (χ2n) is 9.28. The number of para-hydroxylation sites is 3. The fourth-order valence-electron chi connectivity index (χ4n) is 4.32. The molecule has 3 heterocycles. The summed E-state index contributed by atoms with van der Waals surface area (Å²) in [6.07, 6.45) is 2.51. The van der Waals surface area contributed by atoms with Crippen molar-refractivity contribution < 1.29 is 49.1 Å². The SMILES string of the molecule is CC(Nc1nc2ccccc2s1)C1CCN(CC2COc3ccccc3O2)CC1.O=C(O)C(=O)O.O=C(O)C(=O)O. The van der Waals surface area contributed by atoms with Crippen LogP contribution in [-0.4, -0.2) is 92.6 Å². The molecule has 1 fully saturated rings. The molecule has 2 aliphatic heterocycles. The number of fused-ring (bicyclic) bond motifs is 2. The molecule has 0 spiro atoms. The minimum absolute atomic E-state index is 0.111. The number of carboxylic acid groups (broad SMARTS) is 4. The van der Waals surface area contributed by atoms with Crippen molar-refractivity contribution in [2.24, 2.45) is 5.92 Å². The van der Waals surface area contributed by atoms with Crippen molar-refractivity contribution >= 4 is 50.6 Å². The van der Waals surface area contributed by atoms with Crippen LogP contribution in [0.4, 0.5) is 5.13 Å². The number of benzene rings is 2. The Morgan fingerprint density at radius 1 is 0.927 bits per heavy atom. The standard InChI is InChI=1S/C23H27N3O2S.2C2H2O4/c1-16(24-23-25-19-6-2-5-9-22(19)29-23)17-10-12-26(13-11-17)14-18-15-27-20-7-3-4-8-21(20)28-18;2*3-1(4)2(5)6/h2-9,16-18H,10-15H2,1H3,(H,24,25);2*(H,3,4)(H,5,6). The molecule has 0 bridgehead atoms. The zero-order chi connectivity index (χ0) is 29.9. The number of carbonyl (C=O) groups is 4. The molecule has 2 unspecified atom stereocenters. The number of likely N-dealkylation sites (tertiary alicyclic amines) is 1. The Hall–Kier alpha value is -4.43. The predicted molar refractivity (Wildman–Crippen MR) is 149 cm³/mol. The lowest BCUT2D eigenvalue weighted by Gasteiger charge is -2.37. The van der Waals surface area contributed by atoms with Crippen LogP contribution >= 0.6 is 11.3 Å². The van der Waals surface area contributed by atoms with E-state index < -0.39 is 23.9 Å². The van der Waals surface area contributed by atoms with Crippen molar-refractivity contribution in [2.75, 3.05) is 31.6 Å². The van der Waals surface area contributed by atoms with E-state index in [9.17, 15) is 0 Å². The number of nitrogens with zero attached hydrogens (tertiary/aromatic N) is 2. The van der Waals surface area contributed by atoms with Gasteiger partial charge in [-0.1, -0.05) is 35.6 Å². The molecule has 0 saturated carbocycles. The van der Waals surface area contributed by atoms with Crippen molar-refractivity contribution in [1.29, 1.82) is 0 Å². The monoisotopic (exact) mass is 589 g/mol. The maximum Gasteiger partial charge on any atom is 0.414 e. The summed E-state index contributed by atoms with van der Waals surface area (Å²) < 4.78 is 13.2. The van der Waals surface area contributed by atoms with Gasteiger partial charge in [-0.15, -0.1) is 0 Å². The van der Waals surface area contributed by atoms with E-state index >= 15 is 0 Å². The van der Waals surface area contributed by atoms with Crippen molar-refractivity contribution in [3.8, 4) is 11.5 Å². The van der Waals surface area contributed by atoms with Gasteiger partial charge >= 0.3 is 23.9 Å². The van der Waals surface area contributed by atoms with Gasteiger partial charge in [0, 0.05) is 12.6 Å². The quantitative estimate of drug-likeness (QED) is 0.273. The van der Waals surface area contributed by atoms with Gasteiger partial charge < -0.3 is 35.2 Å². The van der Waals surface area contributed by atoms with Crippen molar-refractivity contribution in [3.05, 3.63) is 48.5 Å². The van der Waals surface area contributed by atoms with Crippen LogP contribution in [0.3, 0.4) is 0 Å².